The molecule has 0 atom stereocenters. The van der Waals surface area contributed by atoms with Gasteiger partial charge in [-0.1, -0.05) is 20.8 Å². The summed E-state index contributed by atoms with van der Waals surface area (Å²) in [4.78, 5) is 18.9. The number of rotatable bonds is 7. The molecule has 29 heavy (non-hydrogen) atoms. The van der Waals surface area contributed by atoms with Gasteiger partial charge in [-0.15, -0.1) is 35.3 Å². The van der Waals surface area contributed by atoms with E-state index in [0.717, 1.165) is 74.7 Å². The summed E-state index contributed by atoms with van der Waals surface area (Å²) in [6.07, 6.45) is 1.79. The highest BCUT2D eigenvalue weighted by Gasteiger charge is 2.22. The molecular formula is C19H32IN7S2. The Balaban J connectivity index is 0.00000300. The van der Waals surface area contributed by atoms with Gasteiger partial charge in [-0.2, -0.15) is 4.37 Å². The van der Waals surface area contributed by atoms with Crippen molar-refractivity contribution in [1.29, 1.82) is 0 Å². The predicted molar refractivity (Wildman–Crippen MR) is 134 cm³/mol. The molecule has 0 aromatic carbocycles. The number of thiazole rings is 1. The lowest BCUT2D eigenvalue weighted by Gasteiger charge is -2.36. The first-order chi connectivity index (χ1) is 13.6. The number of hydrogen-bond donors (Lipinski definition) is 1. The number of anilines is 1. The second-order valence-corrected chi connectivity index (χ2v) is 8.76. The summed E-state index contributed by atoms with van der Waals surface area (Å²) in [5.41, 5.74) is 1.15. The van der Waals surface area contributed by atoms with Gasteiger partial charge in [0.2, 0.25) is 5.13 Å². The van der Waals surface area contributed by atoms with Crippen LogP contribution in [0.1, 0.15) is 50.1 Å². The third kappa shape index (κ3) is 6.74. The zero-order chi connectivity index (χ0) is 19.9. The summed E-state index contributed by atoms with van der Waals surface area (Å²) in [5.74, 6) is 2.45. The molecule has 3 rings (SSSR count). The van der Waals surface area contributed by atoms with Crippen LogP contribution in [0.3, 0.4) is 0 Å². The minimum Gasteiger partial charge on any atom is -0.357 e. The summed E-state index contributed by atoms with van der Waals surface area (Å²) in [5, 5.41) is 7.87. The van der Waals surface area contributed by atoms with Gasteiger partial charge < -0.3 is 15.1 Å². The fourth-order valence-electron chi connectivity index (χ4n) is 3.03. The normalized spacial score (nSPS) is 15.0. The smallest absolute Gasteiger partial charge is 0.205 e. The van der Waals surface area contributed by atoms with Gasteiger partial charge in [0.1, 0.15) is 5.82 Å². The molecule has 2 aromatic heterocycles. The fourth-order valence-corrected chi connectivity index (χ4v) is 4.70. The molecule has 1 saturated heterocycles. The van der Waals surface area contributed by atoms with Gasteiger partial charge in [-0.05, 0) is 6.92 Å². The Kier molecular flexibility index (Phi) is 10.0. The first-order valence-electron chi connectivity index (χ1n) is 10.2. The molecule has 0 unspecified atom stereocenters. The van der Waals surface area contributed by atoms with E-state index in [0.29, 0.717) is 5.92 Å². The maximum Gasteiger partial charge on any atom is 0.205 e. The Morgan fingerprint density at radius 3 is 2.55 bits per heavy atom. The topological polar surface area (TPSA) is 69.5 Å². The molecule has 162 valence electrons. The highest BCUT2D eigenvalue weighted by Crippen LogP contribution is 2.20. The van der Waals surface area contributed by atoms with Crippen LogP contribution >= 0.6 is 46.8 Å². The number of aliphatic imine (C=N–C) groups is 1. The summed E-state index contributed by atoms with van der Waals surface area (Å²) < 4.78 is 4.41. The van der Waals surface area contributed by atoms with Crippen LogP contribution in [0.25, 0.3) is 0 Å². The lowest BCUT2D eigenvalue weighted by atomic mass is 10.2. The quantitative estimate of drug-likeness (QED) is 0.323. The average molecular weight is 550 g/mol. The van der Waals surface area contributed by atoms with Crippen LogP contribution in [0.15, 0.2) is 10.4 Å². The Bertz CT molecular complexity index is 766. The Labute approximate surface area is 199 Å². The number of hydrogen-bond acceptors (Lipinski definition) is 7. The summed E-state index contributed by atoms with van der Waals surface area (Å²) >= 11 is 3.27. The molecule has 7 nitrogen and oxygen atoms in total. The Morgan fingerprint density at radius 2 is 1.97 bits per heavy atom. The largest absolute Gasteiger partial charge is 0.357 e. The van der Waals surface area contributed by atoms with Crippen molar-refractivity contribution >= 4 is 57.9 Å². The maximum atomic E-state index is 4.85. The first-order valence-corrected chi connectivity index (χ1v) is 11.8. The van der Waals surface area contributed by atoms with Crippen molar-refractivity contribution in [2.75, 3.05) is 44.2 Å². The molecule has 0 amide bonds. The summed E-state index contributed by atoms with van der Waals surface area (Å²) in [6.45, 7) is 14.0. The van der Waals surface area contributed by atoms with Crippen LogP contribution < -0.4 is 10.2 Å². The summed E-state index contributed by atoms with van der Waals surface area (Å²) in [7, 11) is 0. The Hall–Kier alpha value is -1.01. The molecule has 0 aliphatic carbocycles. The highest BCUT2D eigenvalue weighted by molar-refractivity contribution is 14.0. The summed E-state index contributed by atoms with van der Waals surface area (Å²) in [6, 6.07) is 0. The maximum absolute atomic E-state index is 4.85. The van der Waals surface area contributed by atoms with E-state index in [1.165, 1.54) is 16.5 Å². The zero-order valence-corrected chi connectivity index (χ0v) is 21.7. The fraction of sp³-hybridized carbons (Fsp3) is 0.684. The van der Waals surface area contributed by atoms with Crippen LogP contribution in [0.5, 0.6) is 0 Å². The van der Waals surface area contributed by atoms with Crippen LogP contribution in [-0.4, -0.2) is 64.5 Å². The minimum atomic E-state index is 0. The van der Waals surface area contributed by atoms with E-state index in [2.05, 4.69) is 57.5 Å². The van der Waals surface area contributed by atoms with Crippen molar-refractivity contribution in [1.82, 2.24) is 24.6 Å². The second-order valence-electron chi connectivity index (χ2n) is 7.14. The second kappa shape index (κ2) is 12.0. The third-order valence-corrected chi connectivity index (χ3v) is 6.66. The molecule has 0 saturated carbocycles. The van der Waals surface area contributed by atoms with Crippen LogP contribution in [0.2, 0.25) is 0 Å². The number of halogens is 1. The lowest BCUT2D eigenvalue weighted by Crippen LogP contribution is -2.52. The van der Waals surface area contributed by atoms with E-state index >= 15 is 0 Å². The van der Waals surface area contributed by atoms with Crippen molar-refractivity contribution in [2.45, 2.75) is 46.5 Å². The monoisotopic (exact) mass is 549 g/mol. The van der Waals surface area contributed by atoms with E-state index in [9.17, 15) is 0 Å². The SMILES string of the molecule is CCNC(=NCCc1csc(C(C)C)n1)N1CCN(c2nc(CC)ns2)CC1.I. The lowest BCUT2D eigenvalue weighted by molar-refractivity contribution is 0.372. The molecular weight excluding hydrogens is 517 g/mol. The van der Waals surface area contributed by atoms with Crippen LogP contribution in [0, 0.1) is 0 Å². The van der Waals surface area contributed by atoms with E-state index in [1.807, 2.05) is 0 Å². The van der Waals surface area contributed by atoms with Crippen molar-refractivity contribution < 1.29 is 0 Å². The van der Waals surface area contributed by atoms with Gasteiger partial charge in [0, 0.05) is 74.9 Å². The van der Waals surface area contributed by atoms with Crippen molar-refractivity contribution in [3.63, 3.8) is 0 Å². The van der Waals surface area contributed by atoms with Gasteiger partial charge >= 0.3 is 0 Å². The molecule has 1 aliphatic rings. The molecule has 1 fully saturated rings. The van der Waals surface area contributed by atoms with Crippen LogP contribution in [-0.2, 0) is 12.8 Å². The van der Waals surface area contributed by atoms with Gasteiger partial charge in [-0.25, -0.2) is 9.97 Å². The van der Waals surface area contributed by atoms with E-state index in [4.69, 9.17) is 9.98 Å². The number of nitrogens with one attached hydrogen (secondary N) is 1. The molecule has 10 heteroatoms. The number of aryl methyl sites for hydroxylation is 1. The third-order valence-electron chi connectivity index (χ3n) is 4.65. The van der Waals surface area contributed by atoms with E-state index in [1.54, 1.807) is 11.3 Å². The van der Waals surface area contributed by atoms with Crippen molar-refractivity contribution in [2.24, 2.45) is 4.99 Å². The number of guanidine groups is 1. The average Bonchev–Trinajstić information content (AvgIpc) is 3.37. The Morgan fingerprint density at radius 1 is 1.21 bits per heavy atom. The number of aromatic nitrogens is 3. The number of nitrogens with zero attached hydrogens (tertiary/aromatic N) is 6. The van der Waals surface area contributed by atoms with Crippen molar-refractivity contribution in [3.8, 4) is 0 Å². The standard InChI is InChI=1S/C19H31N7S2.HI/c1-5-16-23-19(28-24-16)26-11-9-25(10-12-26)18(20-6-2)21-8-7-15-13-27-17(22-15)14(3)4;/h13-14H,5-12H2,1-4H3,(H,20,21);1H. The first kappa shape index (κ1) is 24.3. The molecule has 1 aliphatic heterocycles. The number of piperazine rings is 1. The van der Waals surface area contributed by atoms with Crippen LogP contribution in [0.4, 0.5) is 5.13 Å². The van der Waals surface area contributed by atoms with Gasteiger partial charge in [0.05, 0.1) is 10.7 Å². The van der Waals surface area contributed by atoms with Gasteiger partial charge in [-0.3, -0.25) is 4.99 Å². The van der Waals surface area contributed by atoms with Gasteiger partial charge in [0.15, 0.2) is 5.96 Å². The molecule has 0 bridgehead atoms. The minimum absolute atomic E-state index is 0. The molecule has 3 heterocycles. The zero-order valence-electron chi connectivity index (χ0n) is 17.7. The predicted octanol–water partition coefficient (Wildman–Crippen LogP) is 3.63. The van der Waals surface area contributed by atoms with Crippen molar-refractivity contribution in [3.05, 3.63) is 21.9 Å². The molecule has 0 spiro atoms. The molecule has 0 radical (unpaired) electrons. The highest BCUT2D eigenvalue weighted by atomic mass is 127. The molecule has 2 aromatic rings. The molecule has 1 N–H and O–H groups in total. The van der Waals surface area contributed by atoms with E-state index < -0.39 is 0 Å². The van der Waals surface area contributed by atoms with Gasteiger partial charge in [0.25, 0.3) is 0 Å². The van der Waals surface area contributed by atoms with E-state index in [-0.39, 0.29) is 24.0 Å².